The minimum Gasteiger partial charge on any atom is -0.381 e. The number of sulfone groups is 1. The zero-order valence-corrected chi connectivity index (χ0v) is 15.9. The standard InChI is InChI=1S/C20H22N2O4S/c1-15-2-4-17(5-3-15)21-20(23)22-18-6-8-19(9-7-18)27(24,25)14-16-10-12-26-13-11-16/h2-9,14H,10-13H2,1H3,(H2,21,22,23). The molecule has 0 saturated carbocycles. The maximum Gasteiger partial charge on any atom is 0.323 e. The Kier molecular flexibility index (Phi) is 5.93. The van der Waals surface area contributed by atoms with Crippen LogP contribution >= 0.6 is 0 Å². The second-order valence-electron chi connectivity index (χ2n) is 6.40. The second-order valence-corrected chi connectivity index (χ2v) is 8.20. The van der Waals surface area contributed by atoms with Gasteiger partial charge < -0.3 is 15.4 Å². The maximum atomic E-state index is 12.5. The lowest BCUT2D eigenvalue weighted by atomic mass is 10.1. The van der Waals surface area contributed by atoms with E-state index in [1.165, 1.54) is 17.5 Å². The number of nitrogens with one attached hydrogen (secondary N) is 2. The fourth-order valence-electron chi connectivity index (χ4n) is 2.70. The van der Waals surface area contributed by atoms with Crippen molar-refractivity contribution in [2.45, 2.75) is 24.7 Å². The topological polar surface area (TPSA) is 84.5 Å². The predicted molar refractivity (Wildman–Crippen MR) is 106 cm³/mol. The van der Waals surface area contributed by atoms with Gasteiger partial charge in [-0.3, -0.25) is 0 Å². The van der Waals surface area contributed by atoms with E-state index in [4.69, 9.17) is 4.74 Å². The number of amides is 2. The molecule has 0 atom stereocenters. The number of anilines is 2. The fraction of sp³-hybridized carbons (Fsp3) is 0.250. The van der Waals surface area contributed by atoms with E-state index >= 15 is 0 Å². The van der Waals surface area contributed by atoms with Gasteiger partial charge in [0.2, 0.25) is 0 Å². The number of hydrogen-bond acceptors (Lipinski definition) is 4. The van der Waals surface area contributed by atoms with Crippen LogP contribution in [-0.4, -0.2) is 27.7 Å². The number of carbonyl (C=O) groups excluding carboxylic acids is 1. The van der Waals surface area contributed by atoms with E-state index < -0.39 is 15.9 Å². The Bertz CT molecular complexity index is 925. The molecule has 7 heteroatoms. The minimum absolute atomic E-state index is 0.200. The summed E-state index contributed by atoms with van der Waals surface area (Å²) in [5, 5.41) is 6.75. The van der Waals surface area contributed by atoms with Crippen molar-refractivity contribution >= 4 is 27.2 Å². The molecule has 0 aromatic heterocycles. The first-order valence-corrected chi connectivity index (χ1v) is 10.2. The van der Waals surface area contributed by atoms with Crippen LogP contribution in [0.1, 0.15) is 18.4 Å². The zero-order chi connectivity index (χ0) is 19.3. The molecule has 6 nitrogen and oxygen atoms in total. The van der Waals surface area contributed by atoms with E-state index in [9.17, 15) is 13.2 Å². The van der Waals surface area contributed by atoms with Gasteiger partial charge in [0.1, 0.15) is 0 Å². The first-order chi connectivity index (χ1) is 12.9. The average molecular weight is 386 g/mol. The molecule has 1 heterocycles. The highest BCUT2D eigenvalue weighted by Gasteiger charge is 2.15. The summed E-state index contributed by atoms with van der Waals surface area (Å²) in [5.41, 5.74) is 3.17. The van der Waals surface area contributed by atoms with Crippen LogP contribution in [0, 0.1) is 6.92 Å². The molecule has 0 unspecified atom stereocenters. The third kappa shape index (κ3) is 5.42. The molecule has 0 bridgehead atoms. The number of carbonyl (C=O) groups is 1. The largest absolute Gasteiger partial charge is 0.381 e. The van der Waals surface area contributed by atoms with Gasteiger partial charge in [0.05, 0.1) is 18.1 Å². The van der Waals surface area contributed by atoms with E-state index in [2.05, 4.69) is 10.6 Å². The first kappa shape index (κ1) is 19.1. The highest BCUT2D eigenvalue weighted by molar-refractivity contribution is 7.94. The van der Waals surface area contributed by atoms with E-state index in [1.54, 1.807) is 12.1 Å². The van der Waals surface area contributed by atoms with Crippen LogP contribution in [-0.2, 0) is 14.6 Å². The normalized spacial score (nSPS) is 14.5. The molecule has 1 aliphatic rings. The van der Waals surface area contributed by atoms with E-state index in [0.717, 1.165) is 11.1 Å². The lowest BCUT2D eigenvalue weighted by molar-refractivity contribution is 0.119. The highest BCUT2D eigenvalue weighted by Crippen LogP contribution is 2.21. The van der Waals surface area contributed by atoms with Gasteiger partial charge in [-0.1, -0.05) is 23.3 Å². The summed E-state index contributed by atoms with van der Waals surface area (Å²) in [4.78, 5) is 12.2. The van der Waals surface area contributed by atoms with E-state index in [0.29, 0.717) is 37.4 Å². The predicted octanol–water partition coefficient (Wildman–Crippen LogP) is 4.11. The molecule has 1 aliphatic heterocycles. The third-order valence-corrected chi connectivity index (χ3v) is 5.78. The lowest BCUT2D eigenvalue weighted by Crippen LogP contribution is -2.19. The Hall–Kier alpha value is -2.64. The van der Waals surface area contributed by atoms with Crippen LogP contribution in [0.4, 0.5) is 16.2 Å². The highest BCUT2D eigenvalue weighted by atomic mass is 32.2. The summed E-state index contributed by atoms with van der Waals surface area (Å²) in [6, 6.07) is 13.2. The molecule has 0 radical (unpaired) electrons. The summed E-state index contributed by atoms with van der Waals surface area (Å²) in [7, 11) is -3.50. The Morgan fingerprint density at radius 3 is 2.00 bits per heavy atom. The second kappa shape index (κ2) is 8.37. The van der Waals surface area contributed by atoms with Crippen molar-refractivity contribution in [2.24, 2.45) is 0 Å². The number of urea groups is 1. The van der Waals surface area contributed by atoms with Crippen molar-refractivity contribution in [3.63, 3.8) is 0 Å². The van der Waals surface area contributed by atoms with Crippen molar-refractivity contribution in [3.8, 4) is 0 Å². The number of hydrogen-bond donors (Lipinski definition) is 2. The maximum absolute atomic E-state index is 12.5. The third-order valence-electron chi connectivity index (χ3n) is 4.21. The van der Waals surface area contributed by atoms with Gasteiger partial charge in [-0.25, -0.2) is 13.2 Å². The smallest absolute Gasteiger partial charge is 0.323 e. The van der Waals surface area contributed by atoms with Gasteiger partial charge in [0.25, 0.3) is 0 Å². The minimum atomic E-state index is -3.50. The monoisotopic (exact) mass is 386 g/mol. The number of benzene rings is 2. The van der Waals surface area contributed by atoms with Crippen molar-refractivity contribution in [1.29, 1.82) is 0 Å². The van der Waals surface area contributed by atoms with Gasteiger partial charge >= 0.3 is 6.03 Å². The van der Waals surface area contributed by atoms with E-state index in [-0.39, 0.29) is 4.90 Å². The van der Waals surface area contributed by atoms with Crippen molar-refractivity contribution in [2.75, 3.05) is 23.8 Å². The average Bonchev–Trinajstić information content (AvgIpc) is 2.64. The molecule has 0 aliphatic carbocycles. The molecule has 1 fully saturated rings. The molecular weight excluding hydrogens is 364 g/mol. The molecule has 3 rings (SSSR count). The molecule has 2 aromatic rings. The molecule has 1 saturated heterocycles. The van der Waals surface area contributed by atoms with Crippen LogP contribution in [0.3, 0.4) is 0 Å². The van der Waals surface area contributed by atoms with Crippen LogP contribution in [0.5, 0.6) is 0 Å². The Morgan fingerprint density at radius 1 is 0.926 bits per heavy atom. The number of rotatable bonds is 4. The van der Waals surface area contributed by atoms with Crippen LogP contribution < -0.4 is 10.6 Å². The quantitative estimate of drug-likeness (QED) is 0.828. The first-order valence-electron chi connectivity index (χ1n) is 8.69. The Labute approximate surface area is 159 Å². The lowest BCUT2D eigenvalue weighted by Gasteiger charge is -2.14. The number of ether oxygens (including phenoxy) is 1. The van der Waals surface area contributed by atoms with Crippen molar-refractivity contribution in [1.82, 2.24) is 0 Å². The molecule has 142 valence electrons. The summed E-state index contributed by atoms with van der Waals surface area (Å²) in [6.45, 7) is 3.08. The zero-order valence-electron chi connectivity index (χ0n) is 15.1. The summed E-state index contributed by atoms with van der Waals surface area (Å²) < 4.78 is 30.2. The fourth-order valence-corrected chi connectivity index (χ4v) is 4.02. The summed E-state index contributed by atoms with van der Waals surface area (Å²) >= 11 is 0. The van der Waals surface area contributed by atoms with Crippen LogP contribution in [0.2, 0.25) is 0 Å². The van der Waals surface area contributed by atoms with Gasteiger partial charge in [0, 0.05) is 16.8 Å². The van der Waals surface area contributed by atoms with Gasteiger partial charge in [-0.2, -0.15) is 0 Å². The van der Waals surface area contributed by atoms with Gasteiger partial charge in [0.15, 0.2) is 9.84 Å². The summed E-state index contributed by atoms with van der Waals surface area (Å²) in [6.07, 6.45) is 1.27. The molecule has 2 aromatic carbocycles. The Morgan fingerprint density at radius 2 is 1.44 bits per heavy atom. The molecule has 0 spiro atoms. The van der Waals surface area contributed by atoms with Crippen molar-refractivity contribution in [3.05, 3.63) is 65.1 Å². The molecule has 2 N–H and O–H groups in total. The van der Waals surface area contributed by atoms with Crippen molar-refractivity contribution < 1.29 is 17.9 Å². The number of aryl methyl sites for hydroxylation is 1. The van der Waals surface area contributed by atoms with Crippen LogP contribution in [0.15, 0.2) is 64.4 Å². The van der Waals surface area contributed by atoms with E-state index in [1.807, 2.05) is 31.2 Å². The van der Waals surface area contributed by atoms with Crippen LogP contribution in [0.25, 0.3) is 0 Å². The SMILES string of the molecule is Cc1ccc(NC(=O)Nc2ccc(S(=O)(=O)C=C3CCOCC3)cc2)cc1. The Balaban J connectivity index is 1.64. The van der Waals surface area contributed by atoms with Gasteiger partial charge in [-0.15, -0.1) is 0 Å². The van der Waals surface area contributed by atoms with Gasteiger partial charge in [-0.05, 0) is 56.2 Å². The molecule has 27 heavy (non-hydrogen) atoms. The molecular formula is C20H22N2O4S. The molecule has 2 amide bonds. The summed E-state index contributed by atoms with van der Waals surface area (Å²) in [5.74, 6) is 0.